The van der Waals surface area contributed by atoms with Gasteiger partial charge >= 0.3 is 5.97 Å². The highest BCUT2D eigenvalue weighted by Gasteiger charge is 2.31. The number of methoxy groups -OCH3 is 1. The monoisotopic (exact) mass is 370 g/mol. The van der Waals surface area contributed by atoms with E-state index in [1.807, 2.05) is 18.2 Å². The van der Waals surface area contributed by atoms with Gasteiger partial charge in [-0.05, 0) is 30.5 Å². The largest absolute Gasteiger partial charge is 0.469 e. The van der Waals surface area contributed by atoms with Gasteiger partial charge in [-0.25, -0.2) is 0 Å². The third-order valence-corrected chi connectivity index (χ3v) is 4.97. The van der Waals surface area contributed by atoms with Crippen molar-refractivity contribution in [1.82, 2.24) is 10.2 Å². The number of nitrogens with zero attached hydrogens (tertiary/aromatic N) is 1. The van der Waals surface area contributed by atoms with E-state index in [0.29, 0.717) is 5.76 Å². The van der Waals surface area contributed by atoms with Crippen molar-refractivity contribution in [3.8, 4) is 0 Å². The predicted octanol–water partition coefficient (Wildman–Crippen LogP) is 2.39. The normalized spacial score (nSPS) is 16.6. The SMILES string of the molecule is COC(=O)[C@H](Cc1ccco1)C(=O)NC1CCN(Cc2ccccc2)CC1. The van der Waals surface area contributed by atoms with Gasteiger partial charge in [0.1, 0.15) is 11.7 Å². The molecule has 2 aromatic rings. The van der Waals surface area contributed by atoms with Crippen LogP contribution in [-0.4, -0.2) is 43.0 Å². The minimum Gasteiger partial charge on any atom is -0.469 e. The summed E-state index contributed by atoms with van der Waals surface area (Å²) in [5, 5.41) is 3.02. The molecule has 6 heteroatoms. The van der Waals surface area contributed by atoms with Gasteiger partial charge in [0.2, 0.25) is 5.91 Å². The zero-order valence-corrected chi connectivity index (χ0v) is 15.6. The number of carbonyl (C=O) groups excluding carboxylic acids is 2. The van der Waals surface area contributed by atoms with Crippen LogP contribution in [0.2, 0.25) is 0 Å². The number of nitrogens with one attached hydrogen (secondary N) is 1. The number of amides is 1. The number of rotatable bonds is 7. The Morgan fingerprint density at radius 3 is 2.56 bits per heavy atom. The lowest BCUT2D eigenvalue weighted by atomic mass is 9.99. The quantitative estimate of drug-likeness (QED) is 0.599. The Hall–Kier alpha value is -2.60. The molecule has 2 heterocycles. The molecule has 3 rings (SSSR count). The van der Waals surface area contributed by atoms with Crippen LogP contribution in [0.3, 0.4) is 0 Å². The van der Waals surface area contributed by atoms with Crippen molar-refractivity contribution in [2.24, 2.45) is 5.92 Å². The average molecular weight is 370 g/mol. The first-order chi connectivity index (χ1) is 13.2. The highest BCUT2D eigenvalue weighted by atomic mass is 16.5. The molecule has 1 aromatic carbocycles. The number of piperidine rings is 1. The second-order valence-electron chi connectivity index (χ2n) is 6.90. The maximum Gasteiger partial charge on any atom is 0.318 e. The number of likely N-dealkylation sites (tertiary alicyclic amines) is 1. The van der Waals surface area contributed by atoms with Crippen LogP contribution in [0, 0.1) is 5.92 Å². The lowest BCUT2D eigenvalue weighted by Crippen LogP contribution is -2.47. The van der Waals surface area contributed by atoms with Gasteiger partial charge in [0, 0.05) is 32.1 Å². The van der Waals surface area contributed by atoms with E-state index >= 15 is 0 Å². The van der Waals surface area contributed by atoms with Gasteiger partial charge in [-0.15, -0.1) is 0 Å². The van der Waals surface area contributed by atoms with Crippen LogP contribution in [0.5, 0.6) is 0 Å². The summed E-state index contributed by atoms with van der Waals surface area (Å²) in [6, 6.07) is 13.9. The maximum absolute atomic E-state index is 12.6. The lowest BCUT2D eigenvalue weighted by Gasteiger charge is -2.32. The Kier molecular flexibility index (Phi) is 6.65. The third kappa shape index (κ3) is 5.44. The van der Waals surface area contributed by atoms with Gasteiger partial charge in [0.15, 0.2) is 0 Å². The number of esters is 1. The van der Waals surface area contributed by atoms with E-state index in [1.54, 1.807) is 12.1 Å². The van der Waals surface area contributed by atoms with Crippen LogP contribution in [-0.2, 0) is 27.3 Å². The first kappa shape index (κ1) is 19.2. The molecular formula is C21H26N2O4. The van der Waals surface area contributed by atoms with Gasteiger partial charge in [-0.3, -0.25) is 14.5 Å². The molecule has 1 amide bonds. The molecule has 1 aliphatic heterocycles. The molecule has 0 bridgehead atoms. The average Bonchev–Trinajstić information content (AvgIpc) is 3.21. The molecule has 1 aromatic heterocycles. The first-order valence-corrected chi connectivity index (χ1v) is 9.32. The van der Waals surface area contributed by atoms with Gasteiger partial charge < -0.3 is 14.5 Å². The molecule has 1 N–H and O–H groups in total. The van der Waals surface area contributed by atoms with E-state index in [2.05, 4.69) is 22.3 Å². The Morgan fingerprint density at radius 1 is 1.19 bits per heavy atom. The van der Waals surface area contributed by atoms with Crippen molar-refractivity contribution >= 4 is 11.9 Å². The number of carbonyl (C=O) groups is 2. The summed E-state index contributed by atoms with van der Waals surface area (Å²) in [6.07, 6.45) is 3.48. The standard InChI is InChI=1S/C21H26N2O4/c1-26-21(25)19(14-18-8-5-13-27-18)20(24)22-17-9-11-23(12-10-17)15-16-6-3-2-4-7-16/h2-8,13,17,19H,9-12,14-15H2,1H3,(H,22,24)/t19-/m1/s1. The molecule has 0 spiro atoms. The number of hydrogen-bond donors (Lipinski definition) is 1. The summed E-state index contributed by atoms with van der Waals surface area (Å²) in [4.78, 5) is 27.1. The van der Waals surface area contributed by atoms with Crippen LogP contribution >= 0.6 is 0 Å². The van der Waals surface area contributed by atoms with E-state index in [-0.39, 0.29) is 18.4 Å². The van der Waals surface area contributed by atoms with E-state index < -0.39 is 11.9 Å². The highest BCUT2D eigenvalue weighted by Crippen LogP contribution is 2.16. The zero-order chi connectivity index (χ0) is 19.1. The van der Waals surface area contributed by atoms with Crippen molar-refractivity contribution in [3.05, 3.63) is 60.1 Å². The Bertz CT molecular complexity index is 722. The molecule has 0 aliphatic carbocycles. The smallest absolute Gasteiger partial charge is 0.318 e. The summed E-state index contributed by atoms with van der Waals surface area (Å²) in [5.41, 5.74) is 1.30. The molecule has 1 fully saturated rings. The van der Waals surface area contributed by atoms with Crippen LogP contribution < -0.4 is 5.32 Å². The minimum absolute atomic E-state index is 0.0771. The van der Waals surface area contributed by atoms with Crippen LogP contribution in [0.4, 0.5) is 0 Å². The van der Waals surface area contributed by atoms with Crippen molar-refractivity contribution in [2.45, 2.75) is 31.8 Å². The van der Waals surface area contributed by atoms with Crippen LogP contribution in [0.1, 0.15) is 24.2 Å². The van der Waals surface area contributed by atoms with E-state index in [4.69, 9.17) is 9.15 Å². The lowest BCUT2D eigenvalue weighted by molar-refractivity contribution is -0.150. The number of ether oxygens (including phenoxy) is 1. The fraction of sp³-hybridized carbons (Fsp3) is 0.429. The zero-order valence-electron chi connectivity index (χ0n) is 15.6. The second-order valence-corrected chi connectivity index (χ2v) is 6.90. The summed E-state index contributed by atoms with van der Waals surface area (Å²) in [7, 11) is 1.30. The number of furan rings is 1. The molecule has 27 heavy (non-hydrogen) atoms. The van der Waals surface area contributed by atoms with Crippen LogP contribution in [0.15, 0.2) is 53.1 Å². The maximum atomic E-state index is 12.6. The molecule has 0 unspecified atom stereocenters. The molecule has 0 radical (unpaired) electrons. The Morgan fingerprint density at radius 2 is 1.93 bits per heavy atom. The molecule has 0 saturated carbocycles. The van der Waals surface area contributed by atoms with E-state index in [9.17, 15) is 9.59 Å². The highest BCUT2D eigenvalue weighted by molar-refractivity contribution is 5.98. The fourth-order valence-electron chi connectivity index (χ4n) is 3.43. The Labute approximate surface area is 159 Å². The van der Waals surface area contributed by atoms with Crippen molar-refractivity contribution in [3.63, 3.8) is 0 Å². The minimum atomic E-state index is -0.886. The van der Waals surface area contributed by atoms with Gasteiger partial charge in [-0.1, -0.05) is 30.3 Å². The Balaban J connectivity index is 1.50. The summed E-state index contributed by atoms with van der Waals surface area (Å²) < 4.78 is 10.1. The molecular weight excluding hydrogens is 344 g/mol. The summed E-state index contributed by atoms with van der Waals surface area (Å²) >= 11 is 0. The predicted molar refractivity (Wildman–Crippen MR) is 101 cm³/mol. The molecule has 1 saturated heterocycles. The molecule has 6 nitrogen and oxygen atoms in total. The third-order valence-electron chi connectivity index (χ3n) is 4.97. The van der Waals surface area contributed by atoms with Gasteiger partial charge in [0.25, 0.3) is 0 Å². The molecule has 1 atom stereocenters. The van der Waals surface area contributed by atoms with Crippen LogP contribution in [0.25, 0.3) is 0 Å². The summed E-state index contributed by atoms with van der Waals surface area (Å²) in [6.45, 7) is 2.76. The second kappa shape index (κ2) is 9.37. The topological polar surface area (TPSA) is 71.8 Å². The molecule has 1 aliphatic rings. The number of hydrogen-bond acceptors (Lipinski definition) is 5. The van der Waals surface area contributed by atoms with E-state index in [0.717, 1.165) is 32.5 Å². The number of benzene rings is 1. The summed E-state index contributed by atoms with van der Waals surface area (Å²) in [5.74, 6) is -1.12. The van der Waals surface area contributed by atoms with Crippen molar-refractivity contribution in [2.75, 3.05) is 20.2 Å². The fourth-order valence-corrected chi connectivity index (χ4v) is 3.43. The van der Waals surface area contributed by atoms with Crippen molar-refractivity contribution < 1.29 is 18.7 Å². The van der Waals surface area contributed by atoms with Gasteiger partial charge in [0.05, 0.1) is 13.4 Å². The van der Waals surface area contributed by atoms with Crippen molar-refractivity contribution in [1.29, 1.82) is 0 Å². The van der Waals surface area contributed by atoms with E-state index in [1.165, 1.54) is 18.9 Å². The first-order valence-electron chi connectivity index (χ1n) is 9.32. The van der Waals surface area contributed by atoms with Gasteiger partial charge in [-0.2, -0.15) is 0 Å². The molecule has 144 valence electrons.